The average Bonchev–Trinajstić information content (AvgIpc) is 2.87. The van der Waals surface area contributed by atoms with Gasteiger partial charge in [-0.2, -0.15) is 0 Å². The second-order valence-electron chi connectivity index (χ2n) is 11.6. The summed E-state index contributed by atoms with van der Waals surface area (Å²) in [6.07, 6.45) is 24.7. The molecule has 0 N–H and O–H groups in total. The summed E-state index contributed by atoms with van der Waals surface area (Å²) in [7, 11) is 0. The molecule has 2 nitrogen and oxygen atoms in total. The lowest BCUT2D eigenvalue weighted by Gasteiger charge is -2.22. The molecule has 2 aliphatic rings. The summed E-state index contributed by atoms with van der Waals surface area (Å²) in [5.41, 5.74) is 3.60. The number of hydrogen-bond acceptors (Lipinski definition) is 2. The highest BCUT2D eigenvalue weighted by atomic mass is 16.5. The van der Waals surface area contributed by atoms with Crippen LogP contribution in [0.5, 0.6) is 0 Å². The van der Waals surface area contributed by atoms with Gasteiger partial charge in [0, 0.05) is 6.42 Å². The van der Waals surface area contributed by atoms with Crippen molar-refractivity contribution in [3.05, 3.63) is 58.9 Å². The van der Waals surface area contributed by atoms with Crippen molar-refractivity contribution in [2.75, 3.05) is 0 Å². The maximum Gasteiger partial charge on any atom is 0.343 e. The number of unbranched alkanes of at least 4 members (excludes halogenated alkanes) is 3. The molecule has 0 heterocycles. The van der Waals surface area contributed by atoms with Crippen molar-refractivity contribution in [2.45, 2.75) is 124 Å². The SMILES string of the molecule is CCCCC1CC=C(CCc2ccc(C(=O)OC3=CCC(CCCCCC(C)C)CC3)cc2)CC1. The van der Waals surface area contributed by atoms with Gasteiger partial charge in [-0.3, -0.25) is 0 Å². The molecule has 0 fully saturated rings. The second kappa shape index (κ2) is 15.3. The van der Waals surface area contributed by atoms with E-state index in [1.165, 1.54) is 76.2 Å². The summed E-state index contributed by atoms with van der Waals surface area (Å²) < 4.78 is 5.74. The Hall–Kier alpha value is -1.83. The van der Waals surface area contributed by atoms with Crippen LogP contribution in [0.2, 0.25) is 0 Å². The summed E-state index contributed by atoms with van der Waals surface area (Å²) in [6, 6.07) is 8.09. The first kappa shape index (κ1) is 27.8. The van der Waals surface area contributed by atoms with Crippen molar-refractivity contribution in [3.63, 3.8) is 0 Å². The van der Waals surface area contributed by atoms with Crippen molar-refractivity contribution < 1.29 is 9.53 Å². The van der Waals surface area contributed by atoms with Crippen LogP contribution >= 0.6 is 0 Å². The van der Waals surface area contributed by atoms with Crippen LogP contribution in [0.15, 0.2) is 47.7 Å². The van der Waals surface area contributed by atoms with Crippen molar-refractivity contribution in [1.29, 1.82) is 0 Å². The molecule has 2 heteroatoms. The maximum absolute atomic E-state index is 12.6. The zero-order valence-electron chi connectivity index (χ0n) is 22.8. The van der Waals surface area contributed by atoms with E-state index < -0.39 is 0 Å². The van der Waals surface area contributed by atoms with Gasteiger partial charge in [-0.25, -0.2) is 4.79 Å². The van der Waals surface area contributed by atoms with Gasteiger partial charge in [-0.05, 0) is 86.5 Å². The Bertz CT molecular complexity index is 814. The first-order valence-electron chi connectivity index (χ1n) is 14.7. The molecule has 1 aromatic carbocycles. The van der Waals surface area contributed by atoms with Crippen molar-refractivity contribution in [1.82, 2.24) is 0 Å². The van der Waals surface area contributed by atoms with Gasteiger partial charge < -0.3 is 4.74 Å². The molecule has 0 radical (unpaired) electrons. The molecule has 194 valence electrons. The highest BCUT2D eigenvalue weighted by Gasteiger charge is 2.18. The number of allylic oxidation sites excluding steroid dienone is 4. The molecule has 0 amide bonds. The van der Waals surface area contributed by atoms with E-state index in [2.05, 4.69) is 45.1 Å². The molecule has 0 aromatic heterocycles. The monoisotopic (exact) mass is 478 g/mol. The molecule has 0 bridgehead atoms. The van der Waals surface area contributed by atoms with Crippen LogP contribution in [0, 0.1) is 17.8 Å². The lowest BCUT2D eigenvalue weighted by molar-refractivity contribution is 0.0603. The Morgan fingerprint density at radius 3 is 2.23 bits per heavy atom. The molecular weight excluding hydrogens is 428 g/mol. The Balaban J connectivity index is 1.35. The fraction of sp³-hybridized carbons (Fsp3) is 0.667. The number of carbonyl (C=O) groups excluding carboxylic acids is 1. The van der Waals surface area contributed by atoms with Gasteiger partial charge in [-0.15, -0.1) is 0 Å². The van der Waals surface area contributed by atoms with E-state index in [1.807, 2.05) is 12.1 Å². The third kappa shape index (κ3) is 10.4. The predicted octanol–water partition coefficient (Wildman–Crippen LogP) is 9.98. The third-order valence-electron chi connectivity index (χ3n) is 8.10. The van der Waals surface area contributed by atoms with Crippen LogP contribution in [0.3, 0.4) is 0 Å². The minimum absolute atomic E-state index is 0.206. The Labute approximate surface area is 215 Å². The lowest BCUT2D eigenvalue weighted by Crippen LogP contribution is -2.11. The largest absolute Gasteiger partial charge is 0.428 e. The van der Waals surface area contributed by atoms with E-state index in [0.29, 0.717) is 5.56 Å². The average molecular weight is 479 g/mol. The van der Waals surface area contributed by atoms with Crippen molar-refractivity contribution in [2.24, 2.45) is 17.8 Å². The number of hydrogen-bond donors (Lipinski definition) is 0. The quantitative estimate of drug-likeness (QED) is 0.151. The van der Waals surface area contributed by atoms with Crippen molar-refractivity contribution >= 4 is 5.97 Å². The van der Waals surface area contributed by atoms with Gasteiger partial charge in [0.15, 0.2) is 0 Å². The molecule has 0 saturated carbocycles. The highest BCUT2D eigenvalue weighted by Crippen LogP contribution is 2.30. The fourth-order valence-electron chi connectivity index (χ4n) is 5.60. The number of aryl methyl sites for hydroxylation is 1. The molecule has 35 heavy (non-hydrogen) atoms. The summed E-state index contributed by atoms with van der Waals surface area (Å²) in [6.45, 7) is 6.90. The normalized spacial score (nSPS) is 20.5. The molecule has 2 aliphatic carbocycles. The van der Waals surface area contributed by atoms with Crippen LogP contribution < -0.4 is 0 Å². The van der Waals surface area contributed by atoms with Crippen molar-refractivity contribution in [3.8, 4) is 0 Å². The third-order valence-corrected chi connectivity index (χ3v) is 8.10. The molecule has 0 spiro atoms. The number of rotatable bonds is 14. The topological polar surface area (TPSA) is 26.3 Å². The maximum atomic E-state index is 12.6. The zero-order valence-corrected chi connectivity index (χ0v) is 22.8. The van der Waals surface area contributed by atoms with E-state index in [-0.39, 0.29) is 5.97 Å². The van der Waals surface area contributed by atoms with E-state index in [0.717, 1.165) is 55.6 Å². The standard InChI is InChI=1S/C33H50O2/c1-4-5-10-27-12-14-29(15-13-27)16-17-30-18-22-31(23-19-30)33(34)35-32-24-20-28(21-25-32)11-8-6-7-9-26(2)3/h14,18-19,22-24,26-28H,4-13,15-17,20-21,25H2,1-3H3. The lowest BCUT2D eigenvalue weighted by atomic mass is 9.84. The number of carbonyl (C=O) groups is 1. The highest BCUT2D eigenvalue weighted by molar-refractivity contribution is 5.90. The summed E-state index contributed by atoms with van der Waals surface area (Å²) >= 11 is 0. The summed E-state index contributed by atoms with van der Waals surface area (Å²) in [4.78, 5) is 12.6. The predicted molar refractivity (Wildman–Crippen MR) is 148 cm³/mol. The second-order valence-corrected chi connectivity index (χ2v) is 11.6. The Morgan fingerprint density at radius 1 is 0.886 bits per heavy atom. The Morgan fingerprint density at radius 2 is 1.60 bits per heavy atom. The molecule has 0 aliphatic heterocycles. The minimum Gasteiger partial charge on any atom is -0.428 e. The van der Waals surface area contributed by atoms with Crippen LogP contribution in [-0.2, 0) is 11.2 Å². The molecule has 0 saturated heterocycles. The fourth-order valence-corrected chi connectivity index (χ4v) is 5.60. The zero-order chi connectivity index (χ0) is 24.9. The first-order chi connectivity index (χ1) is 17.0. The number of esters is 1. The van der Waals surface area contributed by atoms with Crippen LogP contribution in [0.1, 0.15) is 133 Å². The van der Waals surface area contributed by atoms with E-state index in [9.17, 15) is 4.79 Å². The molecule has 2 atom stereocenters. The van der Waals surface area contributed by atoms with Gasteiger partial charge in [-0.1, -0.05) is 95.9 Å². The number of benzene rings is 1. The first-order valence-corrected chi connectivity index (χ1v) is 14.7. The van der Waals surface area contributed by atoms with E-state index in [4.69, 9.17) is 4.74 Å². The number of ether oxygens (including phenoxy) is 1. The smallest absolute Gasteiger partial charge is 0.343 e. The molecule has 2 unspecified atom stereocenters. The van der Waals surface area contributed by atoms with Gasteiger partial charge in [0.2, 0.25) is 0 Å². The van der Waals surface area contributed by atoms with Gasteiger partial charge >= 0.3 is 5.97 Å². The molecular formula is C33H50O2. The van der Waals surface area contributed by atoms with Crippen LogP contribution in [0.25, 0.3) is 0 Å². The summed E-state index contributed by atoms with van der Waals surface area (Å²) in [5, 5.41) is 0. The van der Waals surface area contributed by atoms with E-state index in [1.54, 1.807) is 5.57 Å². The van der Waals surface area contributed by atoms with Gasteiger partial charge in [0.1, 0.15) is 5.76 Å². The summed E-state index contributed by atoms with van der Waals surface area (Å²) in [5.74, 6) is 3.16. The molecule has 1 aromatic rings. The van der Waals surface area contributed by atoms with Crippen LogP contribution in [0.4, 0.5) is 0 Å². The molecule has 3 rings (SSSR count). The van der Waals surface area contributed by atoms with Gasteiger partial charge in [0.05, 0.1) is 5.56 Å². The van der Waals surface area contributed by atoms with Gasteiger partial charge in [0.25, 0.3) is 0 Å². The minimum atomic E-state index is -0.206. The Kier molecular flexibility index (Phi) is 12.1. The van der Waals surface area contributed by atoms with Crippen LogP contribution in [-0.4, -0.2) is 5.97 Å². The van der Waals surface area contributed by atoms with E-state index >= 15 is 0 Å².